The van der Waals surface area contributed by atoms with Crippen molar-refractivity contribution in [1.82, 2.24) is 0 Å². The van der Waals surface area contributed by atoms with Gasteiger partial charge in [-0.25, -0.2) is 0 Å². The largest absolute Gasteiger partial charge is 0.372 e. The second kappa shape index (κ2) is 3.13. The van der Waals surface area contributed by atoms with Crippen molar-refractivity contribution in [2.45, 2.75) is 12.8 Å². The van der Waals surface area contributed by atoms with Crippen LogP contribution in [0.1, 0.15) is 5.56 Å². The van der Waals surface area contributed by atoms with Crippen LogP contribution in [-0.2, 0) is 4.79 Å². The first kappa shape index (κ1) is 9.79. The zero-order valence-electron chi connectivity index (χ0n) is 8.51. The molecule has 5 heteroatoms. The number of amides is 1. The van der Waals surface area contributed by atoms with Gasteiger partial charge in [-0.05, 0) is 18.6 Å². The van der Waals surface area contributed by atoms with E-state index in [-0.39, 0.29) is 0 Å². The molecule has 0 aromatic heterocycles. The summed E-state index contributed by atoms with van der Waals surface area (Å²) in [7, 11) is 1.59. The maximum Gasteiger partial charge on any atom is 0.372 e. The lowest BCUT2D eigenvalue weighted by Gasteiger charge is -2.19. The van der Waals surface area contributed by atoms with E-state index >= 15 is 0 Å². The minimum absolute atomic E-state index is 0.531. The third-order valence-electron chi connectivity index (χ3n) is 2.36. The Morgan fingerprint density at radius 3 is 2.53 bits per heavy atom. The second-order valence-corrected chi connectivity index (χ2v) is 3.49. The minimum atomic E-state index is -1.84. The quantitative estimate of drug-likeness (QED) is 0.784. The molecule has 0 bridgehead atoms. The lowest BCUT2D eigenvalue weighted by atomic mass is 10.2. The minimum Gasteiger partial charge on any atom is -0.341 e. The van der Waals surface area contributed by atoms with Crippen LogP contribution in [-0.4, -0.2) is 23.9 Å². The van der Waals surface area contributed by atoms with Gasteiger partial charge in [-0.2, -0.15) is 0 Å². The maximum atomic E-state index is 11.7. The van der Waals surface area contributed by atoms with Crippen LogP contribution in [0.4, 0.5) is 5.69 Å². The third kappa shape index (κ3) is 1.61. The predicted molar refractivity (Wildman–Crippen MR) is 54.4 cm³/mol. The molecule has 0 saturated heterocycles. The lowest BCUT2D eigenvalue weighted by molar-refractivity contribution is -0.129. The van der Waals surface area contributed by atoms with Crippen LogP contribution in [0.3, 0.4) is 0 Å². The fraction of sp³-hybridized carbons (Fsp3) is 0.300. The number of nitrogens with zero attached hydrogens (tertiary/aromatic N) is 3. The first-order valence-electron chi connectivity index (χ1n) is 4.55. The number of rotatable bonds is 2. The van der Waals surface area contributed by atoms with Crippen LogP contribution in [0.2, 0.25) is 0 Å². The molecule has 1 amide bonds. The van der Waals surface area contributed by atoms with Gasteiger partial charge in [0, 0.05) is 12.7 Å². The molecule has 0 atom stereocenters. The summed E-state index contributed by atoms with van der Waals surface area (Å²) in [5.41, 5.74) is 1.70. The van der Waals surface area contributed by atoms with E-state index in [0.717, 1.165) is 11.3 Å². The normalized spacial score (nSPS) is 16.2. The van der Waals surface area contributed by atoms with E-state index in [4.69, 9.17) is 0 Å². The topological polar surface area (TPSA) is 65.3 Å². The number of benzene rings is 1. The number of aliphatic hydroxyl groups is 1. The summed E-state index contributed by atoms with van der Waals surface area (Å²) in [5, 5.41) is 16.0. The first-order chi connectivity index (χ1) is 7.04. The third-order valence-corrected chi connectivity index (χ3v) is 2.36. The highest BCUT2D eigenvalue weighted by Crippen LogP contribution is 2.29. The molecule has 1 aromatic carbocycles. The summed E-state index contributed by atoms with van der Waals surface area (Å²) in [6.07, 6.45) is 0. The number of likely N-dealkylation sites (N-methyl/N-ethyl adjacent to an activating group) is 1. The monoisotopic (exact) mass is 205 g/mol. The van der Waals surface area contributed by atoms with Crippen LogP contribution in [0, 0.1) is 6.92 Å². The summed E-state index contributed by atoms with van der Waals surface area (Å²) in [5.74, 6) is -2.37. The van der Waals surface area contributed by atoms with Crippen LogP contribution >= 0.6 is 0 Å². The Balaban J connectivity index is 2.25. The Morgan fingerprint density at radius 2 is 2.00 bits per heavy atom. The van der Waals surface area contributed by atoms with E-state index in [1.54, 1.807) is 13.1 Å². The summed E-state index contributed by atoms with van der Waals surface area (Å²) in [6.45, 7) is 1.89. The zero-order valence-corrected chi connectivity index (χ0v) is 8.51. The van der Waals surface area contributed by atoms with E-state index in [2.05, 4.69) is 10.2 Å². The van der Waals surface area contributed by atoms with E-state index in [1.807, 2.05) is 25.1 Å². The molecule has 0 aliphatic carbocycles. The van der Waals surface area contributed by atoms with Crippen LogP contribution < -0.4 is 4.90 Å². The molecule has 15 heavy (non-hydrogen) atoms. The zero-order chi connectivity index (χ0) is 11.1. The molecule has 78 valence electrons. The van der Waals surface area contributed by atoms with Crippen LogP contribution in [0.15, 0.2) is 34.5 Å². The van der Waals surface area contributed by atoms with Crippen molar-refractivity contribution in [1.29, 1.82) is 0 Å². The summed E-state index contributed by atoms with van der Waals surface area (Å²) >= 11 is 0. The average Bonchev–Trinajstić information content (AvgIpc) is 2.96. The number of anilines is 1. The molecule has 0 fully saturated rings. The van der Waals surface area contributed by atoms with Crippen molar-refractivity contribution in [3.63, 3.8) is 0 Å². The van der Waals surface area contributed by atoms with Gasteiger partial charge < -0.3 is 10.0 Å². The van der Waals surface area contributed by atoms with Crippen molar-refractivity contribution in [3.8, 4) is 0 Å². The Morgan fingerprint density at radius 1 is 1.40 bits per heavy atom. The summed E-state index contributed by atoms with van der Waals surface area (Å²) < 4.78 is 0. The van der Waals surface area contributed by atoms with Crippen molar-refractivity contribution in [2.24, 2.45) is 10.2 Å². The Bertz CT molecular complexity index is 436. The molecule has 0 unspecified atom stereocenters. The van der Waals surface area contributed by atoms with Gasteiger partial charge >= 0.3 is 11.8 Å². The Hall–Kier alpha value is -1.75. The summed E-state index contributed by atoms with van der Waals surface area (Å²) in [6, 6.07) is 7.42. The molecule has 0 radical (unpaired) electrons. The van der Waals surface area contributed by atoms with E-state index < -0.39 is 11.8 Å². The molecular weight excluding hydrogens is 194 g/mol. The van der Waals surface area contributed by atoms with Crippen molar-refractivity contribution in [2.75, 3.05) is 11.9 Å². The molecule has 1 N–H and O–H groups in total. The van der Waals surface area contributed by atoms with Gasteiger partial charge in [0.25, 0.3) is 0 Å². The lowest BCUT2D eigenvalue weighted by Crippen LogP contribution is -2.39. The molecule has 5 nitrogen and oxygen atoms in total. The standard InChI is InChI=1S/C10H11N3O2/c1-7-5-3-4-6-8(7)13(2)9(14)10(15)11-12-10/h3-6,15H,1-2H3. The second-order valence-electron chi connectivity index (χ2n) is 3.49. The number of para-hydroxylation sites is 1. The maximum absolute atomic E-state index is 11.7. The van der Waals surface area contributed by atoms with E-state index in [1.165, 1.54) is 4.90 Å². The molecule has 0 spiro atoms. The fourth-order valence-corrected chi connectivity index (χ4v) is 1.41. The molecular formula is C10H11N3O2. The number of hydrogen-bond donors (Lipinski definition) is 1. The fourth-order valence-electron chi connectivity index (χ4n) is 1.41. The van der Waals surface area contributed by atoms with Crippen molar-refractivity contribution < 1.29 is 9.90 Å². The molecule has 2 rings (SSSR count). The number of carbonyl (C=O) groups excluding carboxylic acids is 1. The number of carbonyl (C=O) groups is 1. The van der Waals surface area contributed by atoms with Gasteiger partial charge in [-0.1, -0.05) is 18.2 Å². The molecule has 0 saturated carbocycles. The molecule has 1 aliphatic rings. The van der Waals surface area contributed by atoms with E-state index in [0.29, 0.717) is 0 Å². The van der Waals surface area contributed by atoms with Gasteiger partial charge in [0.2, 0.25) is 0 Å². The van der Waals surface area contributed by atoms with Crippen molar-refractivity contribution in [3.05, 3.63) is 29.8 Å². The highest BCUT2D eigenvalue weighted by Gasteiger charge is 2.48. The Labute approximate surface area is 87.0 Å². The first-order valence-corrected chi connectivity index (χ1v) is 4.55. The van der Waals surface area contributed by atoms with Gasteiger partial charge in [0.15, 0.2) is 0 Å². The van der Waals surface area contributed by atoms with E-state index in [9.17, 15) is 9.90 Å². The SMILES string of the molecule is Cc1ccccc1N(C)C(=O)C1(O)N=N1. The highest BCUT2D eigenvalue weighted by atomic mass is 16.4. The molecule has 1 heterocycles. The average molecular weight is 205 g/mol. The molecule has 1 aromatic rings. The van der Waals surface area contributed by atoms with Gasteiger partial charge in [-0.15, -0.1) is 10.2 Å². The van der Waals surface area contributed by atoms with Crippen LogP contribution in [0.25, 0.3) is 0 Å². The number of hydrogen-bond acceptors (Lipinski definition) is 4. The predicted octanol–water partition coefficient (Wildman–Crippen LogP) is 1.07. The summed E-state index contributed by atoms with van der Waals surface area (Å²) in [4.78, 5) is 13.0. The Kier molecular flexibility index (Phi) is 2.04. The highest BCUT2D eigenvalue weighted by molar-refractivity contribution is 6.00. The smallest absolute Gasteiger partial charge is 0.341 e. The van der Waals surface area contributed by atoms with Gasteiger partial charge in [0.05, 0.1) is 0 Å². The van der Waals surface area contributed by atoms with Crippen LogP contribution in [0.5, 0.6) is 0 Å². The van der Waals surface area contributed by atoms with Crippen molar-refractivity contribution >= 4 is 11.6 Å². The van der Waals surface area contributed by atoms with Gasteiger partial charge in [0.1, 0.15) is 0 Å². The molecule has 1 aliphatic heterocycles. The van der Waals surface area contributed by atoms with Gasteiger partial charge in [-0.3, -0.25) is 4.79 Å². The number of aryl methyl sites for hydroxylation is 1.